The van der Waals surface area contributed by atoms with Gasteiger partial charge in [-0.1, -0.05) is 32.1 Å². The van der Waals surface area contributed by atoms with Gasteiger partial charge in [0.15, 0.2) is 0 Å². The fraction of sp³-hybridized carbons (Fsp3) is 0.529. The SMILES string of the molecule is CCCC(C)COc1ccc(C#CCCO)c(C)c1. The summed E-state index contributed by atoms with van der Waals surface area (Å²) in [6, 6.07) is 5.98. The molecule has 0 heterocycles. The Balaban J connectivity index is 2.59. The Morgan fingerprint density at radius 2 is 2.16 bits per heavy atom. The van der Waals surface area contributed by atoms with E-state index in [1.807, 2.05) is 25.1 Å². The zero-order valence-corrected chi connectivity index (χ0v) is 12.2. The minimum Gasteiger partial charge on any atom is -0.493 e. The highest BCUT2D eigenvalue weighted by Crippen LogP contribution is 2.18. The van der Waals surface area contributed by atoms with Crippen LogP contribution in [-0.4, -0.2) is 18.3 Å². The van der Waals surface area contributed by atoms with Gasteiger partial charge >= 0.3 is 0 Å². The Morgan fingerprint density at radius 3 is 2.79 bits per heavy atom. The fourth-order valence-corrected chi connectivity index (χ4v) is 1.89. The van der Waals surface area contributed by atoms with Gasteiger partial charge in [-0.2, -0.15) is 0 Å². The summed E-state index contributed by atoms with van der Waals surface area (Å²) in [5.74, 6) is 7.50. The average Bonchev–Trinajstić information content (AvgIpc) is 2.39. The molecule has 1 aromatic carbocycles. The van der Waals surface area contributed by atoms with Crippen LogP contribution in [-0.2, 0) is 0 Å². The lowest BCUT2D eigenvalue weighted by atomic mass is 10.1. The third kappa shape index (κ3) is 5.81. The second-order valence-corrected chi connectivity index (χ2v) is 4.96. The second-order valence-electron chi connectivity index (χ2n) is 4.96. The molecule has 0 aliphatic carbocycles. The number of aliphatic hydroxyl groups excluding tert-OH is 1. The van der Waals surface area contributed by atoms with Crippen molar-refractivity contribution in [2.24, 2.45) is 5.92 Å². The van der Waals surface area contributed by atoms with Crippen molar-refractivity contribution in [2.75, 3.05) is 13.2 Å². The van der Waals surface area contributed by atoms with Crippen LogP contribution in [0.15, 0.2) is 18.2 Å². The molecule has 0 saturated heterocycles. The van der Waals surface area contributed by atoms with E-state index in [4.69, 9.17) is 9.84 Å². The van der Waals surface area contributed by atoms with Gasteiger partial charge < -0.3 is 9.84 Å². The van der Waals surface area contributed by atoms with Crippen LogP contribution in [0.3, 0.4) is 0 Å². The fourth-order valence-electron chi connectivity index (χ4n) is 1.89. The van der Waals surface area contributed by atoms with Crippen molar-refractivity contribution < 1.29 is 9.84 Å². The molecular weight excluding hydrogens is 236 g/mol. The maximum absolute atomic E-state index is 8.70. The lowest BCUT2D eigenvalue weighted by Crippen LogP contribution is -2.08. The van der Waals surface area contributed by atoms with Crippen molar-refractivity contribution in [3.8, 4) is 17.6 Å². The summed E-state index contributed by atoms with van der Waals surface area (Å²) in [4.78, 5) is 0. The summed E-state index contributed by atoms with van der Waals surface area (Å²) in [7, 11) is 0. The zero-order valence-electron chi connectivity index (χ0n) is 12.2. The molecule has 1 atom stereocenters. The number of benzene rings is 1. The summed E-state index contributed by atoms with van der Waals surface area (Å²) in [6.45, 7) is 7.32. The number of hydrogen-bond donors (Lipinski definition) is 1. The first-order chi connectivity index (χ1) is 9.17. The van der Waals surface area contributed by atoms with E-state index in [9.17, 15) is 0 Å². The summed E-state index contributed by atoms with van der Waals surface area (Å²) < 4.78 is 5.79. The standard InChI is InChI=1S/C17H24O2/c1-4-7-14(2)13-19-17-10-9-16(15(3)12-17)8-5-6-11-18/h9-10,12,14,18H,4,6-7,11,13H2,1-3H3. The van der Waals surface area contributed by atoms with E-state index >= 15 is 0 Å². The van der Waals surface area contributed by atoms with E-state index < -0.39 is 0 Å². The maximum Gasteiger partial charge on any atom is 0.119 e. The summed E-state index contributed by atoms with van der Waals surface area (Å²) in [6.07, 6.45) is 2.92. The third-order valence-corrected chi connectivity index (χ3v) is 2.97. The molecule has 1 unspecified atom stereocenters. The van der Waals surface area contributed by atoms with Crippen molar-refractivity contribution in [1.29, 1.82) is 0 Å². The van der Waals surface area contributed by atoms with Crippen molar-refractivity contribution in [1.82, 2.24) is 0 Å². The average molecular weight is 260 g/mol. The lowest BCUT2D eigenvalue weighted by molar-refractivity contribution is 0.251. The predicted molar refractivity (Wildman–Crippen MR) is 79.3 cm³/mol. The molecule has 0 amide bonds. The van der Waals surface area contributed by atoms with E-state index in [0.717, 1.165) is 23.5 Å². The highest BCUT2D eigenvalue weighted by Gasteiger charge is 2.03. The zero-order chi connectivity index (χ0) is 14.1. The van der Waals surface area contributed by atoms with E-state index in [-0.39, 0.29) is 6.61 Å². The van der Waals surface area contributed by atoms with Gasteiger partial charge in [-0.25, -0.2) is 0 Å². The molecule has 0 saturated carbocycles. The van der Waals surface area contributed by atoms with Crippen LogP contribution in [0.25, 0.3) is 0 Å². The Bertz CT molecular complexity index is 440. The van der Waals surface area contributed by atoms with Gasteiger partial charge in [0, 0.05) is 12.0 Å². The van der Waals surface area contributed by atoms with Crippen molar-refractivity contribution in [3.05, 3.63) is 29.3 Å². The molecule has 0 aromatic heterocycles. The summed E-state index contributed by atoms with van der Waals surface area (Å²) in [5.41, 5.74) is 2.12. The van der Waals surface area contributed by atoms with Crippen molar-refractivity contribution in [3.63, 3.8) is 0 Å². The minimum absolute atomic E-state index is 0.114. The van der Waals surface area contributed by atoms with Crippen molar-refractivity contribution >= 4 is 0 Å². The molecule has 1 rings (SSSR count). The van der Waals surface area contributed by atoms with E-state index in [1.54, 1.807) is 0 Å². The largest absolute Gasteiger partial charge is 0.493 e. The molecule has 0 bridgehead atoms. The Kier molecular flexibility index (Phi) is 7.07. The second kappa shape index (κ2) is 8.61. The van der Waals surface area contributed by atoms with E-state index in [2.05, 4.69) is 25.7 Å². The third-order valence-electron chi connectivity index (χ3n) is 2.97. The van der Waals surface area contributed by atoms with Gasteiger partial charge in [-0.15, -0.1) is 0 Å². The van der Waals surface area contributed by atoms with Gasteiger partial charge in [0.1, 0.15) is 5.75 Å². The number of hydrogen-bond acceptors (Lipinski definition) is 2. The normalized spacial score (nSPS) is 11.6. The van der Waals surface area contributed by atoms with Gasteiger partial charge in [0.2, 0.25) is 0 Å². The molecule has 1 aromatic rings. The molecule has 19 heavy (non-hydrogen) atoms. The highest BCUT2D eigenvalue weighted by atomic mass is 16.5. The van der Waals surface area contributed by atoms with E-state index in [1.165, 1.54) is 12.8 Å². The smallest absolute Gasteiger partial charge is 0.119 e. The molecule has 2 nitrogen and oxygen atoms in total. The molecule has 0 spiro atoms. The Morgan fingerprint density at radius 1 is 1.37 bits per heavy atom. The molecule has 0 radical (unpaired) electrons. The van der Waals surface area contributed by atoms with Crippen LogP contribution in [0.5, 0.6) is 5.75 Å². The van der Waals surface area contributed by atoms with Gasteiger partial charge in [-0.05, 0) is 43.0 Å². The van der Waals surface area contributed by atoms with Gasteiger partial charge in [0.25, 0.3) is 0 Å². The quantitative estimate of drug-likeness (QED) is 0.793. The first-order valence-corrected chi connectivity index (χ1v) is 7.00. The van der Waals surface area contributed by atoms with Crippen LogP contribution in [0.4, 0.5) is 0 Å². The molecule has 0 aliphatic rings. The molecule has 0 aliphatic heterocycles. The first-order valence-electron chi connectivity index (χ1n) is 7.00. The Labute approximate surface area is 116 Å². The molecule has 2 heteroatoms. The molecule has 0 fully saturated rings. The molecule has 1 N–H and O–H groups in total. The van der Waals surface area contributed by atoms with Crippen LogP contribution < -0.4 is 4.74 Å². The van der Waals surface area contributed by atoms with Gasteiger partial charge in [-0.3, -0.25) is 0 Å². The van der Waals surface area contributed by atoms with Crippen LogP contribution in [0, 0.1) is 24.7 Å². The monoisotopic (exact) mass is 260 g/mol. The number of ether oxygens (including phenoxy) is 1. The number of rotatable bonds is 6. The Hall–Kier alpha value is -1.46. The molecular formula is C17H24O2. The number of aliphatic hydroxyl groups is 1. The molecule has 104 valence electrons. The lowest BCUT2D eigenvalue weighted by Gasteiger charge is -2.12. The van der Waals surface area contributed by atoms with Crippen LogP contribution >= 0.6 is 0 Å². The summed E-state index contributed by atoms with van der Waals surface area (Å²) >= 11 is 0. The van der Waals surface area contributed by atoms with E-state index in [0.29, 0.717) is 12.3 Å². The van der Waals surface area contributed by atoms with Crippen LogP contribution in [0.2, 0.25) is 0 Å². The first kappa shape index (κ1) is 15.6. The summed E-state index contributed by atoms with van der Waals surface area (Å²) in [5, 5.41) is 8.70. The van der Waals surface area contributed by atoms with Crippen LogP contribution in [0.1, 0.15) is 44.2 Å². The number of aryl methyl sites for hydroxylation is 1. The van der Waals surface area contributed by atoms with Crippen molar-refractivity contribution in [2.45, 2.75) is 40.0 Å². The highest BCUT2D eigenvalue weighted by molar-refractivity contribution is 5.44. The maximum atomic E-state index is 8.70. The predicted octanol–water partition coefficient (Wildman–Crippen LogP) is 3.54. The van der Waals surface area contributed by atoms with Gasteiger partial charge in [0.05, 0.1) is 13.2 Å². The topological polar surface area (TPSA) is 29.5 Å². The minimum atomic E-state index is 0.114.